The molecule has 2 heterocycles. The number of carbonyl (C=O) groups is 2. The molecule has 1 spiro atoms. The van der Waals surface area contributed by atoms with Crippen LogP contribution in [-0.2, 0) is 21.2 Å². The van der Waals surface area contributed by atoms with Gasteiger partial charge >= 0.3 is 6.03 Å². The molecule has 2 aliphatic heterocycles. The summed E-state index contributed by atoms with van der Waals surface area (Å²) in [4.78, 5) is 30.8. The monoisotopic (exact) mass is 531 g/mol. The highest BCUT2D eigenvalue weighted by molar-refractivity contribution is 7.89. The van der Waals surface area contributed by atoms with E-state index < -0.39 is 21.6 Å². The minimum absolute atomic E-state index is 0.00868. The Bertz CT molecular complexity index is 1170. The van der Waals surface area contributed by atoms with E-state index in [0.29, 0.717) is 49.9 Å². The second-order valence-electron chi connectivity index (χ2n) is 11.5. The average Bonchev–Trinajstić information content (AvgIpc) is 3.13. The van der Waals surface area contributed by atoms with Crippen molar-refractivity contribution in [3.8, 4) is 0 Å². The number of rotatable bonds is 6. The lowest BCUT2D eigenvalue weighted by Crippen LogP contribution is -2.51. The highest BCUT2D eigenvalue weighted by atomic mass is 32.2. The first-order chi connectivity index (χ1) is 17.3. The summed E-state index contributed by atoms with van der Waals surface area (Å²) in [6.45, 7) is 8.95. The normalized spacial score (nSPS) is 26.1. The van der Waals surface area contributed by atoms with E-state index in [2.05, 4.69) is 19.2 Å². The molecule has 10 heteroatoms. The number of hydrogen-bond acceptors (Lipinski definition) is 5. The number of anilines is 1. The number of sulfonamides is 1. The van der Waals surface area contributed by atoms with E-state index in [1.165, 1.54) is 15.6 Å². The Balaban J connectivity index is 1.40. The van der Waals surface area contributed by atoms with Gasteiger partial charge in [-0.15, -0.1) is 0 Å². The summed E-state index contributed by atoms with van der Waals surface area (Å²) in [5.74, 6) is 2.25. The number of hydrogen-bond donors (Lipinski definition) is 2. The number of amides is 3. The molecule has 1 aromatic rings. The first-order valence-electron chi connectivity index (χ1n) is 13.3. The van der Waals surface area contributed by atoms with Crippen molar-refractivity contribution in [3.63, 3.8) is 0 Å². The molecular weight excluding hydrogens is 490 g/mol. The number of nitrogens with one attached hydrogen (secondary N) is 1. The summed E-state index contributed by atoms with van der Waals surface area (Å²) in [6, 6.07) is 3.16. The maximum Gasteiger partial charge on any atom is 0.318 e. The molecule has 0 bridgehead atoms. The zero-order valence-electron chi connectivity index (χ0n) is 22.7. The largest absolute Gasteiger partial charge is 0.351 e. The van der Waals surface area contributed by atoms with Crippen LogP contribution in [0.15, 0.2) is 17.1 Å². The van der Waals surface area contributed by atoms with Crippen LogP contribution in [0.5, 0.6) is 0 Å². The number of primary amides is 1. The molecule has 2 fully saturated rings. The molecule has 204 valence electrons. The zero-order chi connectivity index (χ0) is 27.1. The highest BCUT2D eigenvalue weighted by Gasteiger charge is 2.48. The van der Waals surface area contributed by atoms with E-state index in [1.54, 1.807) is 7.05 Å². The summed E-state index contributed by atoms with van der Waals surface area (Å²) in [5, 5.41) is 3.07. The van der Waals surface area contributed by atoms with Gasteiger partial charge in [-0.1, -0.05) is 13.8 Å². The molecule has 0 unspecified atom stereocenters. The average molecular weight is 532 g/mol. The van der Waals surface area contributed by atoms with Crippen molar-refractivity contribution in [2.75, 3.05) is 30.8 Å². The smallest absolute Gasteiger partial charge is 0.318 e. The van der Waals surface area contributed by atoms with E-state index in [4.69, 9.17) is 10.7 Å². The Hall–Kier alpha value is -2.46. The van der Waals surface area contributed by atoms with Gasteiger partial charge < -0.3 is 11.1 Å². The third-order valence-corrected chi connectivity index (χ3v) is 10.4. The van der Waals surface area contributed by atoms with Crippen LogP contribution < -0.4 is 16.0 Å². The molecular formula is C27H41N5O4S. The number of nitrogens with two attached hydrogens (primary N) is 1. The molecule has 3 aliphatic rings. The molecule has 1 saturated heterocycles. The summed E-state index contributed by atoms with van der Waals surface area (Å²) in [6.07, 6.45) is 4.49. The van der Waals surface area contributed by atoms with Crippen LogP contribution in [0.3, 0.4) is 0 Å². The molecule has 0 radical (unpaired) electrons. The summed E-state index contributed by atoms with van der Waals surface area (Å²) in [7, 11) is -1.89. The van der Waals surface area contributed by atoms with Gasteiger partial charge in [-0.2, -0.15) is 0 Å². The van der Waals surface area contributed by atoms with Gasteiger partial charge in [0.05, 0.1) is 5.75 Å². The SMILES string of the molecule is Cc1cc(N(C)C(N)=O)cc(C)c1CCS(=O)(=O)N1CCC2(CC1)N=C(C1C[C@H](C)C[C@@H](C)C1)NC2=O. The van der Waals surface area contributed by atoms with E-state index in [0.717, 1.165) is 35.4 Å². The Morgan fingerprint density at radius 3 is 2.24 bits per heavy atom. The van der Waals surface area contributed by atoms with Crippen molar-refractivity contribution in [2.45, 2.75) is 71.8 Å². The molecule has 37 heavy (non-hydrogen) atoms. The van der Waals surface area contributed by atoms with Crippen LogP contribution in [0.25, 0.3) is 0 Å². The first kappa shape index (κ1) is 27.6. The summed E-state index contributed by atoms with van der Waals surface area (Å²) >= 11 is 0. The maximum atomic E-state index is 13.2. The lowest BCUT2D eigenvalue weighted by atomic mass is 9.76. The van der Waals surface area contributed by atoms with Crippen LogP contribution in [0.2, 0.25) is 0 Å². The van der Waals surface area contributed by atoms with E-state index in [1.807, 2.05) is 26.0 Å². The number of amidine groups is 1. The number of nitrogens with zero attached hydrogens (tertiary/aromatic N) is 3. The summed E-state index contributed by atoms with van der Waals surface area (Å²) < 4.78 is 28.0. The second kappa shape index (κ2) is 10.4. The molecule has 3 N–H and O–H groups in total. The second-order valence-corrected chi connectivity index (χ2v) is 13.6. The Morgan fingerprint density at radius 2 is 1.70 bits per heavy atom. The van der Waals surface area contributed by atoms with Crippen molar-refractivity contribution in [1.29, 1.82) is 0 Å². The number of piperidine rings is 1. The number of benzene rings is 1. The van der Waals surface area contributed by atoms with Crippen molar-refractivity contribution in [2.24, 2.45) is 28.5 Å². The summed E-state index contributed by atoms with van der Waals surface area (Å²) in [5.41, 5.74) is 8.04. The minimum atomic E-state index is -3.50. The zero-order valence-corrected chi connectivity index (χ0v) is 23.5. The van der Waals surface area contributed by atoms with Crippen LogP contribution >= 0.6 is 0 Å². The van der Waals surface area contributed by atoms with Crippen molar-refractivity contribution < 1.29 is 18.0 Å². The third-order valence-electron chi connectivity index (χ3n) is 8.52. The lowest BCUT2D eigenvalue weighted by Gasteiger charge is -2.35. The van der Waals surface area contributed by atoms with Gasteiger partial charge in [0.1, 0.15) is 11.4 Å². The fourth-order valence-electron chi connectivity index (χ4n) is 6.42. The van der Waals surface area contributed by atoms with Crippen LogP contribution in [0, 0.1) is 31.6 Å². The Morgan fingerprint density at radius 1 is 1.14 bits per heavy atom. The van der Waals surface area contributed by atoms with Crippen molar-refractivity contribution >= 4 is 33.5 Å². The van der Waals surface area contributed by atoms with Gasteiger partial charge in [-0.05, 0) is 93.0 Å². The minimum Gasteiger partial charge on any atom is -0.351 e. The quantitative estimate of drug-likeness (QED) is 0.585. The first-order valence-corrected chi connectivity index (χ1v) is 14.9. The molecule has 1 saturated carbocycles. The lowest BCUT2D eigenvalue weighted by molar-refractivity contribution is -0.125. The molecule has 3 amide bonds. The number of aryl methyl sites for hydroxylation is 2. The standard InChI is InChI=1S/C27H41N5O4S/c1-17-12-18(2)14-21(13-17)24-29-25(33)27(30-24)7-9-32(10-8-27)37(35,36)11-6-23-19(3)15-22(16-20(23)4)31(5)26(28)34/h15-18,21H,6-14H2,1-5H3,(H2,28,34)(H,29,30,33)/t17-,18-/m1/s1. The highest BCUT2D eigenvalue weighted by Crippen LogP contribution is 2.38. The van der Waals surface area contributed by atoms with Gasteiger partial charge in [0.25, 0.3) is 5.91 Å². The van der Waals surface area contributed by atoms with E-state index in [-0.39, 0.29) is 17.6 Å². The van der Waals surface area contributed by atoms with Gasteiger partial charge in [-0.25, -0.2) is 17.5 Å². The number of urea groups is 1. The molecule has 9 nitrogen and oxygen atoms in total. The molecule has 1 aliphatic carbocycles. The molecule has 0 aromatic heterocycles. The number of aliphatic imine (C=N–C) groups is 1. The predicted molar refractivity (Wildman–Crippen MR) is 146 cm³/mol. The predicted octanol–water partition coefficient (Wildman–Crippen LogP) is 3.13. The van der Waals surface area contributed by atoms with E-state index in [9.17, 15) is 18.0 Å². The topological polar surface area (TPSA) is 125 Å². The molecule has 1 aromatic carbocycles. The fraction of sp³-hybridized carbons (Fsp3) is 0.667. The molecule has 2 atom stereocenters. The Kier molecular flexibility index (Phi) is 7.72. The van der Waals surface area contributed by atoms with Crippen molar-refractivity contribution in [1.82, 2.24) is 9.62 Å². The van der Waals surface area contributed by atoms with Crippen molar-refractivity contribution in [3.05, 3.63) is 28.8 Å². The van der Waals surface area contributed by atoms with Gasteiger partial charge in [-0.3, -0.25) is 14.7 Å². The fourth-order valence-corrected chi connectivity index (χ4v) is 7.88. The number of carbonyl (C=O) groups excluding carboxylic acids is 2. The van der Waals surface area contributed by atoms with Gasteiger partial charge in [0.2, 0.25) is 10.0 Å². The van der Waals surface area contributed by atoms with Gasteiger partial charge in [0, 0.05) is 31.7 Å². The third kappa shape index (κ3) is 5.70. The molecule has 4 rings (SSSR count). The Labute approximate surface area is 220 Å². The maximum absolute atomic E-state index is 13.2. The van der Waals surface area contributed by atoms with Gasteiger partial charge in [0.15, 0.2) is 0 Å². The van der Waals surface area contributed by atoms with Crippen LogP contribution in [-0.4, -0.2) is 61.9 Å². The van der Waals surface area contributed by atoms with Crippen LogP contribution in [0.1, 0.15) is 62.6 Å². The van der Waals surface area contributed by atoms with E-state index >= 15 is 0 Å². The van der Waals surface area contributed by atoms with Crippen LogP contribution in [0.4, 0.5) is 10.5 Å².